The minimum atomic E-state index is -0.726. The molecule has 0 saturated carbocycles. The number of thiophene rings is 1. The Morgan fingerprint density at radius 1 is 1.02 bits per heavy atom. The number of nitrogens with zero attached hydrogens (tertiary/aromatic N) is 5. The van der Waals surface area contributed by atoms with Gasteiger partial charge in [0.15, 0.2) is 11.0 Å². The highest BCUT2D eigenvalue weighted by Crippen LogP contribution is 2.40. The molecule has 0 bridgehead atoms. The zero-order valence-corrected chi connectivity index (χ0v) is 26.2. The Morgan fingerprint density at radius 3 is 2.30 bits per heavy atom. The topological polar surface area (TPSA) is 201 Å². The second-order valence-electron chi connectivity index (χ2n) is 10.0. The Morgan fingerprint density at radius 2 is 1.67 bits per heavy atom. The van der Waals surface area contributed by atoms with Crippen LogP contribution in [-0.4, -0.2) is 54.3 Å². The molecule has 15 nitrogen and oxygen atoms in total. The molecule has 2 aromatic heterocycles. The first-order valence-electron chi connectivity index (χ1n) is 14.1. The summed E-state index contributed by atoms with van der Waals surface area (Å²) < 4.78 is 6.82. The molecule has 4 aromatic rings. The number of anilines is 1. The number of nitrogens with one attached hydrogen (secondary N) is 2. The van der Waals surface area contributed by atoms with Gasteiger partial charge in [-0.2, -0.15) is 0 Å². The summed E-state index contributed by atoms with van der Waals surface area (Å²) in [5, 5.41) is 36.2. The summed E-state index contributed by atoms with van der Waals surface area (Å²) in [5.41, 5.74) is 1.65. The van der Waals surface area contributed by atoms with Crippen molar-refractivity contribution >= 4 is 57.3 Å². The number of nitro benzene ring substituents is 2. The number of benzene rings is 2. The van der Waals surface area contributed by atoms with Crippen molar-refractivity contribution in [3.05, 3.63) is 96.2 Å². The number of rotatable bonds is 12. The fraction of sp³-hybridized carbons (Fsp3) is 0.276. The van der Waals surface area contributed by atoms with E-state index < -0.39 is 27.0 Å². The third kappa shape index (κ3) is 6.89. The highest BCUT2D eigenvalue weighted by atomic mass is 32.2. The zero-order valence-electron chi connectivity index (χ0n) is 24.6. The van der Waals surface area contributed by atoms with Crippen LogP contribution in [-0.2, 0) is 28.9 Å². The van der Waals surface area contributed by atoms with Gasteiger partial charge in [0.2, 0.25) is 5.91 Å². The van der Waals surface area contributed by atoms with Gasteiger partial charge in [0.1, 0.15) is 5.00 Å². The number of thioether (sulfide) groups is 1. The normalized spacial score (nSPS) is 12.7. The van der Waals surface area contributed by atoms with Crippen LogP contribution in [0.4, 0.5) is 16.4 Å². The minimum Gasteiger partial charge on any atom is -0.462 e. The molecular weight excluding hydrogens is 638 g/mol. The number of fused-ring (bicyclic) bond motifs is 1. The highest BCUT2D eigenvalue weighted by molar-refractivity contribution is 8.00. The summed E-state index contributed by atoms with van der Waals surface area (Å²) in [6, 6.07) is 10.7. The maximum Gasteiger partial charge on any atom is 0.341 e. The molecule has 0 fully saturated rings. The molecule has 17 heteroatoms. The van der Waals surface area contributed by atoms with Crippen molar-refractivity contribution in [1.29, 1.82) is 0 Å². The second-order valence-corrected chi connectivity index (χ2v) is 12.4. The fourth-order valence-corrected chi connectivity index (χ4v) is 6.97. The monoisotopic (exact) mass is 665 g/mol. The van der Waals surface area contributed by atoms with Gasteiger partial charge in [-0.1, -0.05) is 11.8 Å². The molecule has 2 N–H and O–H groups in total. The number of carbonyl (C=O) groups excluding carboxylic acids is 3. The van der Waals surface area contributed by atoms with Crippen LogP contribution in [0.25, 0.3) is 5.69 Å². The van der Waals surface area contributed by atoms with Gasteiger partial charge in [-0.3, -0.25) is 34.4 Å². The molecule has 5 rings (SSSR count). The molecule has 0 radical (unpaired) electrons. The highest BCUT2D eigenvalue weighted by Gasteiger charge is 2.30. The predicted octanol–water partition coefficient (Wildman–Crippen LogP) is 4.86. The summed E-state index contributed by atoms with van der Waals surface area (Å²) in [4.78, 5) is 61.0. The summed E-state index contributed by atoms with van der Waals surface area (Å²) in [5.74, 6) is -1.12. The Hall–Kier alpha value is -5.16. The van der Waals surface area contributed by atoms with Crippen LogP contribution >= 0.6 is 23.1 Å². The molecule has 2 aromatic carbocycles. The largest absolute Gasteiger partial charge is 0.462 e. The van der Waals surface area contributed by atoms with Gasteiger partial charge in [-0.25, -0.2) is 4.79 Å². The number of carbonyl (C=O) groups is 3. The summed E-state index contributed by atoms with van der Waals surface area (Å²) >= 11 is 2.44. The Labute approximate surface area is 269 Å². The molecule has 1 aliphatic carbocycles. The van der Waals surface area contributed by atoms with Gasteiger partial charge in [-0.15, -0.1) is 21.5 Å². The van der Waals surface area contributed by atoms with Crippen LogP contribution in [0.5, 0.6) is 0 Å². The number of aromatic nitrogens is 3. The van der Waals surface area contributed by atoms with E-state index in [1.54, 1.807) is 18.4 Å². The molecule has 1 aliphatic rings. The lowest BCUT2D eigenvalue weighted by molar-refractivity contribution is -0.385. The molecule has 46 heavy (non-hydrogen) atoms. The van der Waals surface area contributed by atoms with Crippen LogP contribution in [0.1, 0.15) is 57.2 Å². The van der Waals surface area contributed by atoms with Crippen molar-refractivity contribution < 1.29 is 29.0 Å². The first-order chi connectivity index (χ1) is 22.1. The fourth-order valence-electron chi connectivity index (χ4n) is 4.81. The molecule has 1 atom stereocenters. The number of aryl methyl sites for hydroxylation is 1. The van der Waals surface area contributed by atoms with E-state index in [0.717, 1.165) is 41.5 Å². The van der Waals surface area contributed by atoms with E-state index in [2.05, 4.69) is 20.8 Å². The number of esters is 1. The van der Waals surface area contributed by atoms with Crippen molar-refractivity contribution in [2.24, 2.45) is 0 Å². The molecule has 1 unspecified atom stereocenters. The smallest absolute Gasteiger partial charge is 0.341 e. The summed E-state index contributed by atoms with van der Waals surface area (Å²) in [6.07, 6.45) is 2.50. The van der Waals surface area contributed by atoms with E-state index in [-0.39, 0.29) is 47.0 Å². The minimum absolute atomic E-state index is 0.120. The SMILES string of the molecule is CCOC(=O)c1c(NC(=O)C(C)Sc2nnc(CNC(=O)c3ccc([N+](=O)[O-])cc3)n2-c2ccc([N+](=O)[O-])cc2)sc2c1CCC2. The van der Waals surface area contributed by atoms with E-state index in [9.17, 15) is 34.6 Å². The van der Waals surface area contributed by atoms with Gasteiger partial charge in [0, 0.05) is 40.4 Å². The lowest BCUT2D eigenvalue weighted by atomic mass is 10.1. The summed E-state index contributed by atoms with van der Waals surface area (Å²) in [6.45, 7) is 3.47. The van der Waals surface area contributed by atoms with E-state index >= 15 is 0 Å². The van der Waals surface area contributed by atoms with Gasteiger partial charge >= 0.3 is 5.97 Å². The van der Waals surface area contributed by atoms with Crippen LogP contribution in [0, 0.1) is 20.2 Å². The average molecular weight is 666 g/mol. The number of hydrogen-bond donors (Lipinski definition) is 2. The third-order valence-electron chi connectivity index (χ3n) is 7.06. The summed E-state index contributed by atoms with van der Waals surface area (Å²) in [7, 11) is 0. The maximum absolute atomic E-state index is 13.4. The number of nitro groups is 2. The number of amides is 2. The maximum atomic E-state index is 13.4. The van der Waals surface area contributed by atoms with E-state index in [1.807, 2.05) is 0 Å². The van der Waals surface area contributed by atoms with Crippen molar-refractivity contribution in [2.75, 3.05) is 11.9 Å². The first-order valence-corrected chi connectivity index (χ1v) is 15.8. The lowest BCUT2D eigenvalue weighted by Crippen LogP contribution is -2.25. The van der Waals surface area contributed by atoms with Gasteiger partial charge < -0.3 is 15.4 Å². The Kier molecular flexibility index (Phi) is 9.72. The molecule has 0 spiro atoms. The van der Waals surface area contributed by atoms with E-state index in [0.29, 0.717) is 16.3 Å². The molecule has 0 aliphatic heterocycles. The standard InChI is InChI=1S/C29H27N7O8S2/c1-3-44-28(39)24-21-5-4-6-22(21)46-27(24)31-25(37)16(2)45-29-33-32-23(34(29)18-11-13-20(14-12-18)36(42)43)15-30-26(38)17-7-9-19(10-8-17)35(40)41/h7-14,16H,3-6,15H2,1-2H3,(H,30,38)(H,31,37). The van der Waals surface area contributed by atoms with Crippen molar-refractivity contribution in [1.82, 2.24) is 20.1 Å². The molecular formula is C29H27N7O8S2. The van der Waals surface area contributed by atoms with Gasteiger partial charge in [0.05, 0.1) is 33.8 Å². The van der Waals surface area contributed by atoms with Crippen LogP contribution in [0.2, 0.25) is 0 Å². The zero-order chi connectivity index (χ0) is 33.0. The Balaban J connectivity index is 1.37. The Bertz CT molecular complexity index is 1820. The number of non-ortho nitro benzene ring substituents is 2. The van der Waals surface area contributed by atoms with E-state index in [1.165, 1.54) is 59.9 Å². The van der Waals surface area contributed by atoms with Crippen molar-refractivity contribution in [3.63, 3.8) is 0 Å². The van der Waals surface area contributed by atoms with Crippen LogP contribution in [0.3, 0.4) is 0 Å². The lowest BCUT2D eigenvalue weighted by Gasteiger charge is -2.14. The van der Waals surface area contributed by atoms with Crippen molar-refractivity contribution in [2.45, 2.75) is 50.1 Å². The van der Waals surface area contributed by atoms with Crippen LogP contribution in [0.15, 0.2) is 53.7 Å². The number of ether oxygens (including phenoxy) is 1. The molecule has 238 valence electrons. The van der Waals surface area contributed by atoms with Gasteiger partial charge in [-0.05, 0) is 62.9 Å². The second kappa shape index (κ2) is 13.9. The molecule has 2 heterocycles. The molecule has 2 amide bonds. The first kappa shape index (κ1) is 32.2. The van der Waals surface area contributed by atoms with Crippen molar-refractivity contribution in [3.8, 4) is 5.69 Å². The van der Waals surface area contributed by atoms with Crippen LogP contribution < -0.4 is 10.6 Å². The quantitative estimate of drug-likeness (QED) is 0.0906. The average Bonchev–Trinajstić information content (AvgIpc) is 3.74. The third-order valence-corrected chi connectivity index (χ3v) is 9.31. The number of hydrogen-bond acceptors (Lipinski definition) is 12. The van der Waals surface area contributed by atoms with E-state index in [4.69, 9.17) is 4.74 Å². The molecule has 0 saturated heterocycles. The predicted molar refractivity (Wildman–Crippen MR) is 169 cm³/mol. The van der Waals surface area contributed by atoms with Gasteiger partial charge in [0.25, 0.3) is 17.3 Å².